The highest BCUT2D eigenvalue weighted by Crippen LogP contribution is 2.25. The number of aromatic nitrogens is 4. The minimum Gasteiger partial charge on any atom is -0.332 e. The smallest absolute Gasteiger partial charge is 0.276 e. The van der Waals surface area contributed by atoms with Crippen LogP contribution in [0.4, 0.5) is 0 Å². The first-order valence-electron chi connectivity index (χ1n) is 6.24. The Balaban J connectivity index is 2.36. The van der Waals surface area contributed by atoms with Crippen molar-refractivity contribution in [2.24, 2.45) is 0 Å². The van der Waals surface area contributed by atoms with Gasteiger partial charge in [-0.15, -0.1) is 11.6 Å². The zero-order chi connectivity index (χ0) is 13.1. The fraction of sp³-hybridized carbons (Fsp3) is 0.583. The summed E-state index contributed by atoms with van der Waals surface area (Å²) < 4.78 is 7.13. The Labute approximate surface area is 111 Å². The largest absolute Gasteiger partial charge is 0.332 e. The summed E-state index contributed by atoms with van der Waals surface area (Å²) in [7, 11) is 0. The fourth-order valence-corrected chi connectivity index (χ4v) is 1.79. The number of hydrogen-bond donors (Lipinski definition) is 0. The monoisotopic (exact) mass is 268 g/mol. The van der Waals surface area contributed by atoms with Crippen molar-refractivity contribution >= 4 is 11.6 Å². The summed E-state index contributed by atoms with van der Waals surface area (Å²) in [6, 6.07) is 1.98. The van der Waals surface area contributed by atoms with Crippen molar-refractivity contribution in [3.05, 3.63) is 17.6 Å². The third kappa shape index (κ3) is 2.41. The molecule has 0 saturated heterocycles. The number of aryl methyl sites for hydroxylation is 2. The molecule has 0 spiro atoms. The standard InChI is InChI=1S/C12H17ClN4O/c1-4-8-7-10(17(6-3)15-8)12-14-11(16-18-12)9(13)5-2/h7,9H,4-6H2,1-3H3. The lowest BCUT2D eigenvalue weighted by Gasteiger charge is -1.98. The van der Waals surface area contributed by atoms with E-state index in [-0.39, 0.29) is 5.38 Å². The zero-order valence-electron chi connectivity index (χ0n) is 10.9. The molecule has 0 saturated carbocycles. The molecule has 98 valence electrons. The van der Waals surface area contributed by atoms with Crippen LogP contribution in [-0.4, -0.2) is 19.9 Å². The van der Waals surface area contributed by atoms with Crippen molar-refractivity contribution in [1.29, 1.82) is 0 Å². The van der Waals surface area contributed by atoms with E-state index < -0.39 is 0 Å². The summed E-state index contributed by atoms with van der Waals surface area (Å²) in [6.45, 7) is 6.85. The van der Waals surface area contributed by atoms with Gasteiger partial charge >= 0.3 is 0 Å². The van der Waals surface area contributed by atoms with Crippen LogP contribution in [0.1, 0.15) is 44.1 Å². The molecule has 0 aliphatic heterocycles. The maximum atomic E-state index is 6.09. The summed E-state index contributed by atoms with van der Waals surface area (Å²) in [5.74, 6) is 1.02. The first-order valence-corrected chi connectivity index (χ1v) is 6.67. The van der Waals surface area contributed by atoms with Crippen LogP contribution in [0.15, 0.2) is 10.6 Å². The van der Waals surface area contributed by atoms with E-state index in [1.165, 1.54) is 0 Å². The lowest BCUT2D eigenvalue weighted by Crippen LogP contribution is -2.00. The van der Waals surface area contributed by atoms with Gasteiger partial charge in [-0.05, 0) is 25.8 Å². The number of alkyl halides is 1. The summed E-state index contributed by atoms with van der Waals surface area (Å²) in [4.78, 5) is 4.34. The molecule has 0 aliphatic rings. The van der Waals surface area contributed by atoms with Gasteiger partial charge in [-0.3, -0.25) is 4.68 Å². The SMILES string of the molecule is CCc1cc(-c2nc(C(Cl)CC)no2)n(CC)n1. The quantitative estimate of drug-likeness (QED) is 0.782. The predicted octanol–water partition coefficient (Wildman–Crippen LogP) is 3.21. The van der Waals surface area contributed by atoms with Crippen molar-refractivity contribution in [3.63, 3.8) is 0 Å². The van der Waals surface area contributed by atoms with Gasteiger partial charge in [0.2, 0.25) is 0 Å². The Morgan fingerprint density at radius 2 is 2.17 bits per heavy atom. The van der Waals surface area contributed by atoms with Gasteiger partial charge in [0, 0.05) is 6.54 Å². The lowest BCUT2D eigenvalue weighted by molar-refractivity contribution is 0.417. The molecule has 1 unspecified atom stereocenters. The third-order valence-corrected chi connectivity index (χ3v) is 3.30. The Morgan fingerprint density at radius 1 is 1.39 bits per heavy atom. The second-order valence-corrected chi connectivity index (χ2v) is 4.55. The van der Waals surface area contributed by atoms with E-state index in [1.54, 1.807) is 0 Å². The average Bonchev–Trinajstić information content (AvgIpc) is 3.03. The molecule has 0 N–H and O–H groups in total. The van der Waals surface area contributed by atoms with Crippen LogP contribution in [0.3, 0.4) is 0 Å². The van der Waals surface area contributed by atoms with Crippen LogP contribution in [0.5, 0.6) is 0 Å². The van der Waals surface area contributed by atoms with Crippen LogP contribution in [0, 0.1) is 0 Å². The van der Waals surface area contributed by atoms with E-state index in [9.17, 15) is 0 Å². The highest BCUT2D eigenvalue weighted by atomic mass is 35.5. The second kappa shape index (κ2) is 5.52. The van der Waals surface area contributed by atoms with Crippen LogP contribution in [0.25, 0.3) is 11.6 Å². The van der Waals surface area contributed by atoms with Gasteiger partial charge < -0.3 is 4.52 Å². The Hall–Kier alpha value is -1.36. The molecule has 2 rings (SSSR count). The van der Waals surface area contributed by atoms with E-state index >= 15 is 0 Å². The molecule has 2 aromatic rings. The van der Waals surface area contributed by atoms with Gasteiger partial charge in [-0.2, -0.15) is 10.1 Å². The topological polar surface area (TPSA) is 56.7 Å². The van der Waals surface area contributed by atoms with Gasteiger partial charge in [0.25, 0.3) is 5.89 Å². The van der Waals surface area contributed by atoms with Crippen LogP contribution in [0.2, 0.25) is 0 Å². The third-order valence-electron chi connectivity index (χ3n) is 2.79. The molecule has 6 heteroatoms. The minimum absolute atomic E-state index is 0.203. The van der Waals surface area contributed by atoms with Crippen molar-refractivity contribution in [1.82, 2.24) is 19.9 Å². The van der Waals surface area contributed by atoms with E-state index in [1.807, 2.05) is 24.6 Å². The van der Waals surface area contributed by atoms with Gasteiger partial charge in [-0.25, -0.2) is 0 Å². The van der Waals surface area contributed by atoms with Crippen molar-refractivity contribution in [2.45, 2.75) is 45.5 Å². The number of halogens is 1. The van der Waals surface area contributed by atoms with Gasteiger partial charge in [0.05, 0.1) is 11.1 Å². The zero-order valence-corrected chi connectivity index (χ0v) is 11.6. The van der Waals surface area contributed by atoms with E-state index in [0.29, 0.717) is 11.7 Å². The Kier molecular flexibility index (Phi) is 4.01. The highest BCUT2D eigenvalue weighted by Gasteiger charge is 2.18. The van der Waals surface area contributed by atoms with Gasteiger partial charge in [0.15, 0.2) is 5.82 Å². The molecule has 5 nitrogen and oxygen atoms in total. The molecule has 0 aromatic carbocycles. The summed E-state index contributed by atoms with van der Waals surface area (Å²) in [6.07, 6.45) is 1.65. The molecule has 0 bridgehead atoms. The average molecular weight is 269 g/mol. The first-order chi connectivity index (χ1) is 8.69. The molecule has 0 aliphatic carbocycles. The molecule has 2 aromatic heterocycles. The summed E-state index contributed by atoms with van der Waals surface area (Å²) >= 11 is 6.09. The maximum Gasteiger partial charge on any atom is 0.276 e. The van der Waals surface area contributed by atoms with Crippen molar-refractivity contribution in [3.8, 4) is 11.6 Å². The second-order valence-electron chi connectivity index (χ2n) is 4.02. The predicted molar refractivity (Wildman–Crippen MR) is 69.5 cm³/mol. The normalized spacial score (nSPS) is 12.9. The van der Waals surface area contributed by atoms with E-state index in [0.717, 1.165) is 30.8 Å². The minimum atomic E-state index is -0.203. The summed E-state index contributed by atoms with van der Waals surface area (Å²) in [5.41, 5.74) is 1.87. The maximum absolute atomic E-state index is 6.09. The first kappa shape index (κ1) is 13.1. The van der Waals surface area contributed by atoms with Gasteiger partial charge in [0.1, 0.15) is 5.69 Å². The number of nitrogens with zero attached hydrogens (tertiary/aromatic N) is 4. The molecular formula is C12H17ClN4O. The molecule has 1 atom stereocenters. The van der Waals surface area contributed by atoms with Crippen molar-refractivity contribution in [2.75, 3.05) is 0 Å². The molecule has 18 heavy (non-hydrogen) atoms. The fourth-order valence-electron chi connectivity index (χ4n) is 1.70. The molecule has 0 amide bonds. The molecular weight excluding hydrogens is 252 g/mol. The Bertz CT molecular complexity index is 520. The molecule has 0 fully saturated rings. The van der Waals surface area contributed by atoms with E-state index in [4.69, 9.17) is 16.1 Å². The van der Waals surface area contributed by atoms with E-state index in [2.05, 4.69) is 22.2 Å². The Morgan fingerprint density at radius 3 is 2.78 bits per heavy atom. The summed E-state index contributed by atoms with van der Waals surface area (Å²) in [5, 5.41) is 8.17. The van der Waals surface area contributed by atoms with Crippen LogP contribution in [-0.2, 0) is 13.0 Å². The van der Waals surface area contributed by atoms with Crippen LogP contribution < -0.4 is 0 Å². The van der Waals surface area contributed by atoms with Crippen molar-refractivity contribution < 1.29 is 4.52 Å². The molecule has 0 radical (unpaired) electrons. The highest BCUT2D eigenvalue weighted by molar-refractivity contribution is 6.20. The van der Waals surface area contributed by atoms with Crippen LogP contribution >= 0.6 is 11.6 Å². The number of hydrogen-bond acceptors (Lipinski definition) is 4. The number of rotatable bonds is 5. The van der Waals surface area contributed by atoms with Gasteiger partial charge in [-0.1, -0.05) is 19.0 Å². The molecule has 2 heterocycles. The lowest BCUT2D eigenvalue weighted by atomic mass is 10.3.